The third-order valence-electron chi connectivity index (χ3n) is 3.71. The first-order valence-electron chi connectivity index (χ1n) is 7.28. The number of allylic oxidation sites excluding steroid dienone is 1. The number of rotatable bonds is 3. The van der Waals surface area contributed by atoms with E-state index >= 15 is 0 Å². The normalized spacial score (nSPS) is 11.5. The van der Waals surface area contributed by atoms with Crippen molar-refractivity contribution >= 4 is 23.0 Å². The topological polar surface area (TPSA) is 49.8 Å². The molecule has 0 radical (unpaired) electrons. The zero-order valence-corrected chi connectivity index (χ0v) is 14.1. The molecule has 2 heterocycles. The third kappa shape index (κ3) is 3.25. The molecule has 1 aromatic carbocycles. The van der Waals surface area contributed by atoms with Crippen LogP contribution in [0.3, 0.4) is 0 Å². The summed E-state index contributed by atoms with van der Waals surface area (Å²) in [5, 5.41) is 12.1. The molecular weight excluding hydrogens is 304 g/mol. The van der Waals surface area contributed by atoms with Crippen LogP contribution in [0.25, 0.3) is 22.9 Å². The number of benzene rings is 1. The van der Waals surface area contributed by atoms with Crippen LogP contribution in [-0.2, 0) is 0 Å². The van der Waals surface area contributed by atoms with Gasteiger partial charge in [0.1, 0.15) is 22.6 Å². The van der Waals surface area contributed by atoms with Gasteiger partial charge >= 0.3 is 0 Å². The minimum Gasteiger partial charge on any atom is -0.462 e. The van der Waals surface area contributed by atoms with Crippen LogP contribution in [0.15, 0.2) is 40.1 Å². The maximum atomic E-state index is 9.41. The molecule has 0 saturated heterocycles. The first-order valence-corrected chi connectivity index (χ1v) is 8.16. The van der Waals surface area contributed by atoms with E-state index in [9.17, 15) is 5.26 Å². The van der Waals surface area contributed by atoms with Crippen LogP contribution >= 0.6 is 11.3 Å². The van der Waals surface area contributed by atoms with Crippen LogP contribution in [0, 0.1) is 32.1 Å². The Morgan fingerprint density at radius 1 is 1.17 bits per heavy atom. The Morgan fingerprint density at radius 3 is 2.65 bits per heavy atom. The molecule has 114 valence electrons. The molecule has 0 aliphatic heterocycles. The molecule has 0 N–H and O–H groups in total. The Labute approximate surface area is 139 Å². The van der Waals surface area contributed by atoms with Gasteiger partial charge in [0, 0.05) is 17.0 Å². The fraction of sp³-hybridized carbons (Fsp3) is 0.158. The summed E-state index contributed by atoms with van der Waals surface area (Å²) in [7, 11) is 0. The van der Waals surface area contributed by atoms with Gasteiger partial charge in [0.25, 0.3) is 0 Å². The van der Waals surface area contributed by atoms with Gasteiger partial charge in [-0.15, -0.1) is 11.3 Å². The molecule has 4 heteroatoms. The van der Waals surface area contributed by atoms with E-state index in [0.29, 0.717) is 16.3 Å². The van der Waals surface area contributed by atoms with Gasteiger partial charge in [-0.1, -0.05) is 12.1 Å². The number of nitriles is 1. The average molecular weight is 320 g/mol. The van der Waals surface area contributed by atoms with Crippen LogP contribution in [0.1, 0.15) is 27.7 Å². The Morgan fingerprint density at radius 2 is 2.00 bits per heavy atom. The summed E-state index contributed by atoms with van der Waals surface area (Å²) in [4.78, 5) is 4.61. The van der Waals surface area contributed by atoms with E-state index in [1.807, 2.05) is 24.4 Å². The highest BCUT2D eigenvalue weighted by atomic mass is 32.1. The number of aryl methyl sites for hydroxylation is 3. The van der Waals surface area contributed by atoms with Gasteiger partial charge in [-0.2, -0.15) is 5.26 Å². The SMILES string of the molecule is Cc1ccc(/C=C(/C#N)c2nc(-c3ccc(C)c(C)c3)cs2)o1. The number of hydrogen-bond acceptors (Lipinski definition) is 4. The minimum absolute atomic E-state index is 0.513. The fourth-order valence-electron chi connectivity index (χ4n) is 2.25. The van der Waals surface area contributed by atoms with Crippen molar-refractivity contribution in [3.05, 3.63) is 63.4 Å². The molecule has 0 fully saturated rings. The molecule has 23 heavy (non-hydrogen) atoms. The molecule has 2 aromatic heterocycles. The predicted molar refractivity (Wildman–Crippen MR) is 94.0 cm³/mol. The highest BCUT2D eigenvalue weighted by Gasteiger charge is 2.10. The third-order valence-corrected chi connectivity index (χ3v) is 4.58. The monoisotopic (exact) mass is 320 g/mol. The number of furan rings is 1. The van der Waals surface area contributed by atoms with Crippen molar-refractivity contribution in [2.75, 3.05) is 0 Å². The van der Waals surface area contributed by atoms with Crippen LogP contribution < -0.4 is 0 Å². The van der Waals surface area contributed by atoms with Crippen LogP contribution in [0.2, 0.25) is 0 Å². The van der Waals surface area contributed by atoms with Crippen molar-refractivity contribution in [2.45, 2.75) is 20.8 Å². The molecule has 0 amide bonds. The molecular formula is C19H16N2OS. The largest absolute Gasteiger partial charge is 0.462 e. The van der Waals surface area contributed by atoms with E-state index in [0.717, 1.165) is 17.0 Å². The highest BCUT2D eigenvalue weighted by molar-refractivity contribution is 7.11. The van der Waals surface area contributed by atoms with Crippen LogP contribution in [0.5, 0.6) is 0 Å². The molecule has 0 spiro atoms. The maximum Gasteiger partial charge on any atom is 0.134 e. The lowest BCUT2D eigenvalue weighted by Gasteiger charge is -2.02. The van der Waals surface area contributed by atoms with Crippen LogP contribution in [0.4, 0.5) is 0 Å². The van der Waals surface area contributed by atoms with Gasteiger partial charge in [0.15, 0.2) is 0 Å². The second kappa shape index (κ2) is 6.23. The van der Waals surface area contributed by atoms with Gasteiger partial charge in [-0.05, 0) is 50.1 Å². The molecule has 3 rings (SSSR count). The van der Waals surface area contributed by atoms with Gasteiger partial charge in [-0.3, -0.25) is 0 Å². The molecule has 3 nitrogen and oxygen atoms in total. The minimum atomic E-state index is 0.513. The summed E-state index contributed by atoms with van der Waals surface area (Å²) < 4.78 is 5.51. The Hall–Kier alpha value is -2.64. The molecule has 0 aliphatic rings. The lowest BCUT2D eigenvalue weighted by Crippen LogP contribution is -1.85. The van der Waals surface area contributed by atoms with E-state index in [-0.39, 0.29) is 0 Å². The lowest BCUT2D eigenvalue weighted by molar-refractivity contribution is 0.525. The van der Waals surface area contributed by atoms with Crippen molar-refractivity contribution in [1.29, 1.82) is 5.26 Å². The second-order valence-corrected chi connectivity index (χ2v) is 6.31. The molecule has 0 unspecified atom stereocenters. The van der Waals surface area contributed by atoms with Crippen molar-refractivity contribution < 1.29 is 4.42 Å². The standard InChI is InChI=1S/C19H16N2OS/c1-12-4-6-15(8-13(12)2)18-11-23-19(21-18)16(10-20)9-17-7-5-14(3)22-17/h4-9,11H,1-3H3/b16-9-. The molecule has 0 saturated carbocycles. The van der Waals surface area contributed by atoms with Crippen molar-refractivity contribution in [1.82, 2.24) is 4.98 Å². The quantitative estimate of drug-likeness (QED) is 0.608. The van der Waals surface area contributed by atoms with Gasteiger partial charge in [-0.25, -0.2) is 4.98 Å². The van der Waals surface area contributed by atoms with E-state index in [1.165, 1.54) is 22.5 Å². The van der Waals surface area contributed by atoms with E-state index < -0.39 is 0 Å². The number of hydrogen-bond donors (Lipinski definition) is 0. The average Bonchev–Trinajstić information content (AvgIpc) is 3.17. The van der Waals surface area contributed by atoms with Gasteiger partial charge < -0.3 is 4.42 Å². The van der Waals surface area contributed by atoms with Crippen LogP contribution in [-0.4, -0.2) is 4.98 Å². The lowest BCUT2D eigenvalue weighted by atomic mass is 10.1. The molecule has 0 atom stereocenters. The van der Waals surface area contributed by atoms with Gasteiger partial charge in [0.05, 0.1) is 11.3 Å². The summed E-state index contributed by atoms with van der Waals surface area (Å²) >= 11 is 1.47. The van der Waals surface area contributed by atoms with E-state index in [2.05, 4.69) is 43.1 Å². The summed E-state index contributed by atoms with van der Waals surface area (Å²) in [6, 6.07) is 12.2. The number of aromatic nitrogens is 1. The second-order valence-electron chi connectivity index (χ2n) is 5.46. The summed E-state index contributed by atoms with van der Waals surface area (Å²) in [5.41, 5.74) is 4.97. The molecule has 3 aromatic rings. The zero-order valence-electron chi connectivity index (χ0n) is 13.3. The fourth-order valence-corrected chi connectivity index (χ4v) is 3.04. The first-order chi connectivity index (χ1) is 11.1. The van der Waals surface area contributed by atoms with Gasteiger partial charge in [0.2, 0.25) is 0 Å². The maximum absolute atomic E-state index is 9.41. The molecule has 0 aliphatic carbocycles. The Balaban J connectivity index is 1.95. The first kappa shape index (κ1) is 15.3. The van der Waals surface area contributed by atoms with Crippen molar-refractivity contribution in [3.8, 4) is 17.3 Å². The highest BCUT2D eigenvalue weighted by Crippen LogP contribution is 2.28. The van der Waals surface area contributed by atoms with E-state index in [4.69, 9.17) is 4.42 Å². The number of nitrogens with zero attached hydrogens (tertiary/aromatic N) is 2. The molecule has 0 bridgehead atoms. The predicted octanol–water partition coefficient (Wildman–Crippen LogP) is 5.39. The smallest absolute Gasteiger partial charge is 0.134 e. The summed E-state index contributed by atoms with van der Waals surface area (Å²) in [6.45, 7) is 6.06. The van der Waals surface area contributed by atoms with Crippen molar-refractivity contribution in [2.24, 2.45) is 0 Å². The Kier molecular flexibility index (Phi) is 4.14. The van der Waals surface area contributed by atoms with E-state index in [1.54, 1.807) is 6.08 Å². The summed E-state index contributed by atoms with van der Waals surface area (Å²) in [6.07, 6.45) is 1.73. The zero-order chi connectivity index (χ0) is 16.4. The summed E-state index contributed by atoms with van der Waals surface area (Å²) in [5.74, 6) is 1.49. The Bertz CT molecular complexity index is 925. The number of thiazole rings is 1. The van der Waals surface area contributed by atoms with Crippen molar-refractivity contribution in [3.63, 3.8) is 0 Å².